The molecule has 1 aliphatic heterocycles. The predicted octanol–water partition coefficient (Wildman–Crippen LogP) is 2.30. The number of ether oxygens (including phenoxy) is 1. The van der Waals surface area contributed by atoms with Crippen LogP contribution < -0.4 is 10.2 Å². The lowest BCUT2D eigenvalue weighted by atomic mass is 10.2. The third-order valence-electron chi connectivity index (χ3n) is 4.60. The summed E-state index contributed by atoms with van der Waals surface area (Å²) in [4.78, 5) is 13.5. The molecule has 1 amide bonds. The van der Waals surface area contributed by atoms with E-state index in [4.69, 9.17) is 4.74 Å². The van der Waals surface area contributed by atoms with Gasteiger partial charge in [-0.1, -0.05) is 12.1 Å². The molecule has 0 unspecified atom stereocenters. The molecule has 1 saturated heterocycles. The Balaban J connectivity index is 1.67. The molecule has 0 aliphatic carbocycles. The average molecular weight is 404 g/mol. The zero-order valence-corrected chi connectivity index (χ0v) is 16.9. The fourth-order valence-electron chi connectivity index (χ4n) is 3.07. The highest BCUT2D eigenvalue weighted by Crippen LogP contribution is 2.21. The lowest BCUT2D eigenvalue weighted by Crippen LogP contribution is -2.36. The fourth-order valence-corrected chi connectivity index (χ4v) is 4.23. The zero-order chi connectivity index (χ0) is 20.1. The van der Waals surface area contributed by atoms with Gasteiger partial charge in [0, 0.05) is 45.0 Å². The maximum Gasteiger partial charge on any atom is 0.243 e. The highest BCUT2D eigenvalue weighted by molar-refractivity contribution is 7.89. The number of benzene rings is 2. The molecule has 1 fully saturated rings. The molecular formula is C20H25N3O4S. The molecule has 2 aromatic rings. The molecular weight excluding hydrogens is 378 g/mol. The Kier molecular flexibility index (Phi) is 6.33. The van der Waals surface area contributed by atoms with Gasteiger partial charge in [-0.15, -0.1) is 0 Å². The van der Waals surface area contributed by atoms with Crippen molar-refractivity contribution >= 4 is 27.3 Å². The van der Waals surface area contributed by atoms with E-state index in [2.05, 4.69) is 10.2 Å². The summed E-state index contributed by atoms with van der Waals surface area (Å²) in [7, 11) is -2.06. The number of morpholine rings is 1. The lowest BCUT2D eigenvalue weighted by Gasteiger charge is -2.29. The van der Waals surface area contributed by atoms with Crippen molar-refractivity contribution in [1.82, 2.24) is 4.31 Å². The molecule has 0 atom stereocenters. The first kappa shape index (κ1) is 20.3. The van der Waals surface area contributed by atoms with E-state index in [1.807, 2.05) is 24.3 Å². The fraction of sp³-hybridized carbons (Fsp3) is 0.350. The van der Waals surface area contributed by atoms with Crippen LogP contribution in [0, 0.1) is 0 Å². The molecule has 1 N–H and O–H groups in total. The first-order valence-electron chi connectivity index (χ1n) is 9.12. The van der Waals surface area contributed by atoms with Crippen LogP contribution in [0.5, 0.6) is 0 Å². The summed E-state index contributed by atoms with van der Waals surface area (Å²) in [5.74, 6) is -0.201. The molecule has 0 radical (unpaired) electrons. The van der Waals surface area contributed by atoms with Gasteiger partial charge in [-0.05, 0) is 42.0 Å². The van der Waals surface area contributed by atoms with Crippen molar-refractivity contribution in [1.29, 1.82) is 0 Å². The van der Waals surface area contributed by atoms with Crippen LogP contribution in [0.3, 0.4) is 0 Å². The number of nitrogens with zero attached hydrogens (tertiary/aromatic N) is 2. The lowest BCUT2D eigenvalue weighted by molar-refractivity contribution is -0.114. The highest BCUT2D eigenvalue weighted by Gasteiger charge is 2.21. The molecule has 7 nitrogen and oxygen atoms in total. The smallest absolute Gasteiger partial charge is 0.243 e. The molecule has 0 spiro atoms. The molecule has 0 bridgehead atoms. The topological polar surface area (TPSA) is 79.0 Å². The Morgan fingerprint density at radius 1 is 1.07 bits per heavy atom. The summed E-state index contributed by atoms with van der Waals surface area (Å²) in [5, 5.41) is 2.63. The van der Waals surface area contributed by atoms with E-state index < -0.39 is 10.0 Å². The molecule has 3 rings (SSSR count). The second-order valence-electron chi connectivity index (χ2n) is 6.73. The maximum absolute atomic E-state index is 12.8. The summed E-state index contributed by atoms with van der Waals surface area (Å²) in [6, 6.07) is 14.1. The van der Waals surface area contributed by atoms with E-state index in [9.17, 15) is 13.2 Å². The third-order valence-corrected chi connectivity index (χ3v) is 6.42. The van der Waals surface area contributed by atoms with Crippen LogP contribution in [0.15, 0.2) is 53.4 Å². The average Bonchev–Trinajstić information content (AvgIpc) is 2.69. The van der Waals surface area contributed by atoms with Crippen molar-refractivity contribution in [2.24, 2.45) is 0 Å². The van der Waals surface area contributed by atoms with Gasteiger partial charge in [0.15, 0.2) is 0 Å². The van der Waals surface area contributed by atoms with Crippen LogP contribution >= 0.6 is 0 Å². The molecule has 1 heterocycles. The molecule has 28 heavy (non-hydrogen) atoms. The molecule has 1 aliphatic rings. The normalized spacial score (nSPS) is 14.9. The van der Waals surface area contributed by atoms with Gasteiger partial charge >= 0.3 is 0 Å². The molecule has 8 heteroatoms. The van der Waals surface area contributed by atoms with Crippen molar-refractivity contribution in [3.63, 3.8) is 0 Å². The van der Waals surface area contributed by atoms with Gasteiger partial charge in [-0.3, -0.25) is 4.79 Å². The number of sulfonamides is 1. The van der Waals surface area contributed by atoms with Crippen molar-refractivity contribution in [3.05, 3.63) is 54.1 Å². The number of carbonyl (C=O) groups is 1. The number of carbonyl (C=O) groups excluding carboxylic acids is 1. The van der Waals surface area contributed by atoms with Crippen molar-refractivity contribution in [3.8, 4) is 0 Å². The summed E-state index contributed by atoms with van der Waals surface area (Å²) in [6.07, 6.45) is 0. The van der Waals surface area contributed by atoms with Crippen LogP contribution in [0.4, 0.5) is 11.4 Å². The van der Waals surface area contributed by atoms with Crippen LogP contribution in [0.25, 0.3) is 0 Å². The van der Waals surface area contributed by atoms with E-state index >= 15 is 0 Å². The minimum atomic E-state index is -3.62. The van der Waals surface area contributed by atoms with E-state index in [0.717, 1.165) is 37.6 Å². The Labute approximate surface area is 166 Å². The first-order valence-corrected chi connectivity index (χ1v) is 10.6. The molecule has 0 saturated carbocycles. The van der Waals surface area contributed by atoms with Crippen LogP contribution in [-0.4, -0.2) is 52.0 Å². The Morgan fingerprint density at radius 3 is 2.25 bits per heavy atom. The summed E-state index contributed by atoms with van der Waals surface area (Å²) >= 11 is 0. The third kappa shape index (κ3) is 4.89. The summed E-state index contributed by atoms with van der Waals surface area (Å²) < 4.78 is 32.3. The van der Waals surface area contributed by atoms with Gasteiger partial charge in [-0.25, -0.2) is 8.42 Å². The van der Waals surface area contributed by atoms with Gasteiger partial charge in [0.25, 0.3) is 0 Å². The summed E-state index contributed by atoms with van der Waals surface area (Å²) in [5.41, 5.74) is 2.59. The van der Waals surface area contributed by atoms with Crippen LogP contribution in [0.2, 0.25) is 0 Å². The SMILES string of the molecule is CC(=O)Nc1ccc(S(=O)(=O)N(C)Cc2ccc(N3CCOCC3)cc2)cc1. The monoisotopic (exact) mass is 403 g/mol. The minimum Gasteiger partial charge on any atom is -0.378 e. The van der Waals surface area contributed by atoms with Crippen molar-refractivity contribution < 1.29 is 17.9 Å². The van der Waals surface area contributed by atoms with E-state index in [0.29, 0.717) is 5.69 Å². The van der Waals surface area contributed by atoms with Crippen LogP contribution in [-0.2, 0) is 26.1 Å². The number of anilines is 2. The standard InChI is InChI=1S/C20H25N3O4S/c1-16(24)21-18-5-9-20(10-6-18)28(25,26)22(2)15-17-3-7-19(8-4-17)23-11-13-27-14-12-23/h3-10H,11-15H2,1-2H3,(H,21,24). The number of nitrogens with one attached hydrogen (secondary N) is 1. The van der Waals surface area contributed by atoms with Crippen LogP contribution in [0.1, 0.15) is 12.5 Å². The maximum atomic E-state index is 12.8. The predicted molar refractivity (Wildman–Crippen MR) is 109 cm³/mol. The molecule has 150 valence electrons. The van der Waals surface area contributed by atoms with E-state index in [1.165, 1.54) is 23.4 Å². The Morgan fingerprint density at radius 2 is 1.68 bits per heavy atom. The summed E-state index contributed by atoms with van der Waals surface area (Å²) in [6.45, 7) is 4.86. The van der Waals surface area contributed by atoms with Gasteiger partial charge < -0.3 is 15.0 Å². The minimum absolute atomic E-state index is 0.189. The van der Waals surface area contributed by atoms with Gasteiger partial charge in [0.2, 0.25) is 15.9 Å². The van der Waals surface area contributed by atoms with Gasteiger partial charge in [-0.2, -0.15) is 4.31 Å². The van der Waals surface area contributed by atoms with Crippen molar-refractivity contribution in [2.45, 2.75) is 18.4 Å². The Hall–Kier alpha value is -2.42. The zero-order valence-electron chi connectivity index (χ0n) is 16.1. The van der Waals surface area contributed by atoms with Gasteiger partial charge in [0.1, 0.15) is 0 Å². The van der Waals surface area contributed by atoms with E-state index in [1.54, 1.807) is 19.2 Å². The highest BCUT2D eigenvalue weighted by atomic mass is 32.2. The first-order chi connectivity index (χ1) is 13.4. The Bertz CT molecular complexity index is 905. The van der Waals surface area contributed by atoms with E-state index in [-0.39, 0.29) is 17.3 Å². The molecule has 0 aromatic heterocycles. The second kappa shape index (κ2) is 8.72. The molecule has 2 aromatic carbocycles. The number of rotatable bonds is 6. The number of hydrogen-bond acceptors (Lipinski definition) is 5. The number of amides is 1. The number of hydrogen-bond donors (Lipinski definition) is 1. The second-order valence-corrected chi connectivity index (χ2v) is 8.78. The quantitative estimate of drug-likeness (QED) is 0.801. The van der Waals surface area contributed by atoms with Crippen molar-refractivity contribution in [2.75, 3.05) is 43.6 Å². The largest absolute Gasteiger partial charge is 0.378 e. The van der Waals surface area contributed by atoms with Gasteiger partial charge in [0.05, 0.1) is 18.1 Å².